The Balaban J connectivity index is 2.38. The summed E-state index contributed by atoms with van der Waals surface area (Å²) in [5.41, 5.74) is 3.34. The molecular weight excluding hydrogens is 208 g/mol. The predicted octanol–water partition coefficient (Wildman–Crippen LogP) is 4.70. The summed E-state index contributed by atoms with van der Waals surface area (Å²) in [6.07, 6.45) is 2.73. The van der Waals surface area contributed by atoms with Crippen LogP contribution >= 0.6 is 0 Å². The molecule has 0 atom stereocenters. The van der Waals surface area contributed by atoms with Crippen LogP contribution in [0.1, 0.15) is 12.5 Å². The summed E-state index contributed by atoms with van der Waals surface area (Å²) in [5, 5.41) is 3.74. The number of hydrogen-bond acceptors (Lipinski definition) is 1. The van der Waals surface area contributed by atoms with Gasteiger partial charge in [0, 0.05) is 10.9 Å². The standard InChI is InChI=1S/C16H14O/c1-11(2)9-13-10-17-15-8-7-12-5-3-4-6-14(12)16(13)15/h3-8,10H,1,9H2,2H3. The minimum atomic E-state index is 0.876. The van der Waals surface area contributed by atoms with Crippen LogP contribution in [0.25, 0.3) is 21.7 Å². The number of fused-ring (bicyclic) bond motifs is 3. The molecular formula is C16H14O. The van der Waals surface area contributed by atoms with E-state index in [0.717, 1.165) is 17.6 Å². The molecule has 1 heterocycles. The van der Waals surface area contributed by atoms with Crippen molar-refractivity contribution < 1.29 is 4.42 Å². The molecule has 0 aliphatic heterocycles. The normalized spacial score (nSPS) is 11.1. The third-order valence-corrected chi connectivity index (χ3v) is 3.03. The molecule has 0 fully saturated rings. The van der Waals surface area contributed by atoms with E-state index in [0.29, 0.717) is 0 Å². The van der Waals surface area contributed by atoms with Crippen molar-refractivity contribution >= 4 is 21.7 Å². The lowest BCUT2D eigenvalue weighted by atomic mass is 10.0. The van der Waals surface area contributed by atoms with Crippen LogP contribution in [-0.2, 0) is 6.42 Å². The second kappa shape index (κ2) is 3.77. The molecule has 0 bridgehead atoms. The topological polar surface area (TPSA) is 13.1 Å². The highest BCUT2D eigenvalue weighted by Gasteiger charge is 2.09. The van der Waals surface area contributed by atoms with Crippen molar-refractivity contribution in [3.05, 3.63) is 60.4 Å². The number of hydrogen-bond donors (Lipinski definition) is 0. The van der Waals surface area contributed by atoms with E-state index in [4.69, 9.17) is 4.42 Å². The van der Waals surface area contributed by atoms with Crippen molar-refractivity contribution in [2.24, 2.45) is 0 Å². The number of benzene rings is 2. The fourth-order valence-electron chi connectivity index (χ4n) is 2.33. The van der Waals surface area contributed by atoms with Gasteiger partial charge in [0.1, 0.15) is 5.58 Å². The Bertz CT molecular complexity index is 704. The van der Waals surface area contributed by atoms with Crippen LogP contribution in [0.15, 0.2) is 59.2 Å². The van der Waals surface area contributed by atoms with Crippen LogP contribution in [0.2, 0.25) is 0 Å². The van der Waals surface area contributed by atoms with Crippen molar-refractivity contribution in [3.8, 4) is 0 Å². The Labute approximate surface area is 100 Å². The summed E-state index contributed by atoms with van der Waals surface area (Å²) in [5.74, 6) is 0. The van der Waals surface area contributed by atoms with Gasteiger partial charge in [-0.05, 0) is 30.2 Å². The van der Waals surface area contributed by atoms with Crippen molar-refractivity contribution in [2.75, 3.05) is 0 Å². The number of furan rings is 1. The first-order chi connectivity index (χ1) is 8.25. The van der Waals surface area contributed by atoms with E-state index >= 15 is 0 Å². The lowest BCUT2D eigenvalue weighted by Crippen LogP contribution is -1.84. The molecule has 0 N–H and O–H groups in total. The molecule has 1 aromatic heterocycles. The molecule has 3 aromatic rings. The maximum atomic E-state index is 5.62. The van der Waals surface area contributed by atoms with Crippen molar-refractivity contribution in [3.63, 3.8) is 0 Å². The third-order valence-electron chi connectivity index (χ3n) is 3.03. The van der Waals surface area contributed by atoms with Crippen LogP contribution in [0.4, 0.5) is 0 Å². The summed E-state index contributed by atoms with van der Waals surface area (Å²) in [6, 6.07) is 12.6. The zero-order valence-corrected chi connectivity index (χ0v) is 9.86. The molecule has 0 aliphatic carbocycles. The van der Waals surface area contributed by atoms with Crippen LogP contribution in [0.3, 0.4) is 0 Å². The summed E-state index contributed by atoms with van der Waals surface area (Å²) in [7, 11) is 0. The highest BCUT2D eigenvalue weighted by atomic mass is 16.3. The molecule has 0 aliphatic rings. The van der Waals surface area contributed by atoms with E-state index in [1.165, 1.54) is 21.7 Å². The fraction of sp³-hybridized carbons (Fsp3) is 0.125. The number of allylic oxidation sites excluding steroid dienone is 1. The van der Waals surface area contributed by atoms with Gasteiger partial charge < -0.3 is 4.42 Å². The highest BCUT2D eigenvalue weighted by Crippen LogP contribution is 2.30. The van der Waals surface area contributed by atoms with Gasteiger partial charge in [0.05, 0.1) is 6.26 Å². The van der Waals surface area contributed by atoms with E-state index in [2.05, 4.69) is 36.9 Å². The van der Waals surface area contributed by atoms with Gasteiger partial charge in [-0.25, -0.2) is 0 Å². The first-order valence-electron chi connectivity index (χ1n) is 5.78. The molecule has 0 saturated heterocycles. The number of rotatable bonds is 2. The van der Waals surface area contributed by atoms with Crippen molar-refractivity contribution in [2.45, 2.75) is 13.3 Å². The molecule has 0 unspecified atom stereocenters. The minimum Gasteiger partial charge on any atom is -0.464 e. The monoisotopic (exact) mass is 222 g/mol. The molecule has 0 saturated carbocycles. The van der Waals surface area contributed by atoms with E-state index in [1.54, 1.807) is 0 Å². The Morgan fingerprint density at radius 2 is 2.00 bits per heavy atom. The summed E-state index contributed by atoms with van der Waals surface area (Å²) in [6.45, 7) is 6.02. The Morgan fingerprint density at radius 1 is 1.18 bits per heavy atom. The smallest absolute Gasteiger partial charge is 0.134 e. The highest BCUT2D eigenvalue weighted by molar-refractivity contribution is 6.07. The minimum absolute atomic E-state index is 0.876. The molecule has 0 radical (unpaired) electrons. The van der Waals surface area contributed by atoms with Crippen molar-refractivity contribution in [1.82, 2.24) is 0 Å². The van der Waals surface area contributed by atoms with E-state index < -0.39 is 0 Å². The summed E-state index contributed by atoms with van der Waals surface area (Å²) in [4.78, 5) is 0. The average Bonchev–Trinajstić information content (AvgIpc) is 2.72. The van der Waals surface area contributed by atoms with Gasteiger partial charge >= 0.3 is 0 Å². The lowest BCUT2D eigenvalue weighted by molar-refractivity contribution is 0.611. The van der Waals surface area contributed by atoms with Gasteiger partial charge in [0.15, 0.2) is 0 Å². The molecule has 2 aromatic carbocycles. The SMILES string of the molecule is C=C(C)Cc1coc2ccc3ccccc3c12. The van der Waals surface area contributed by atoms with E-state index in [-0.39, 0.29) is 0 Å². The Hall–Kier alpha value is -2.02. The maximum Gasteiger partial charge on any atom is 0.134 e. The van der Waals surface area contributed by atoms with Gasteiger partial charge in [-0.15, -0.1) is 0 Å². The van der Waals surface area contributed by atoms with Gasteiger partial charge in [0.25, 0.3) is 0 Å². The lowest BCUT2D eigenvalue weighted by Gasteiger charge is -2.01. The molecule has 0 amide bonds. The summed E-state index contributed by atoms with van der Waals surface area (Å²) >= 11 is 0. The Morgan fingerprint density at radius 3 is 2.82 bits per heavy atom. The zero-order chi connectivity index (χ0) is 11.8. The molecule has 0 spiro atoms. The molecule has 17 heavy (non-hydrogen) atoms. The molecule has 84 valence electrons. The fourth-order valence-corrected chi connectivity index (χ4v) is 2.33. The first-order valence-corrected chi connectivity index (χ1v) is 5.78. The quantitative estimate of drug-likeness (QED) is 0.572. The maximum absolute atomic E-state index is 5.62. The van der Waals surface area contributed by atoms with Crippen LogP contribution < -0.4 is 0 Å². The van der Waals surface area contributed by atoms with Crippen molar-refractivity contribution in [1.29, 1.82) is 0 Å². The average molecular weight is 222 g/mol. The van der Waals surface area contributed by atoms with Gasteiger partial charge in [0.2, 0.25) is 0 Å². The van der Waals surface area contributed by atoms with Crippen LogP contribution in [0.5, 0.6) is 0 Å². The molecule has 3 rings (SSSR count). The largest absolute Gasteiger partial charge is 0.464 e. The predicted molar refractivity (Wildman–Crippen MR) is 72.2 cm³/mol. The first kappa shape index (κ1) is 10.2. The molecule has 1 heteroatoms. The van der Waals surface area contributed by atoms with Crippen LogP contribution in [-0.4, -0.2) is 0 Å². The Kier molecular flexibility index (Phi) is 2.25. The second-order valence-electron chi connectivity index (χ2n) is 4.55. The third kappa shape index (κ3) is 1.64. The van der Waals surface area contributed by atoms with E-state index in [1.807, 2.05) is 19.3 Å². The summed E-state index contributed by atoms with van der Waals surface area (Å²) < 4.78 is 5.62. The van der Waals surface area contributed by atoms with Crippen LogP contribution in [0, 0.1) is 0 Å². The second-order valence-corrected chi connectivity index (χ2v) is 4.55. The zero-order valence-electron chi connectivity index (χ0n) is 9.86. The van der Waals surface area contributed by atoms with Gasteiger partial charge in [-0.3, -0.25) is 0 Å². The van der Waals surface area contributed by atoms with E-state index in [9.17, 15) is 0 Å². The van der Waals surface area contributed by atoms with Gasteiger partial charge in [-0.2, -0.15) is 0 Å². The van der Waals surface area contributed by atoms with Gasteiger partial charge in [-0.1, -0.05) is 42.5 Å². The molecule has 1 nitrogen and oxygen atoms in total.